The highest BCUT2D eigenvalue weighted by Crippen LogP contribution is 2.19. The Labute approximate surface area is 194 Å². The van der Waals surface area contributed by atoms with Crippen molar-refractivity contribution in [3.05, 3.63) is 35.9 Å². The molecule has 1 aromatic carbocycles. The van der Waals surface area contributed by atoms with Gasteiger partial charge in [0.05, 0.1) is 12.7 Å². The largest absolute Gasteiger partial charge is 0.481 e. The normalized spacial score (nSPS) is 12.9. The van der Waals surface area contributed by atoms with Crippen LogP contribution < -0.4 is 0 Å². The zero-order valence-electron chi connectivity index (χ0n) is 20.2. The van der Waals surface area contributed by atoms with Crippen LogP contribution in [0.15, 0.2) is 30.3 Å². The molecule has 0 heterocycles. The number of esters is 1. The Kier molecular flexibility index (Phi) is 16.4. The molecule has 0 amide bonds. The minimum atomic E-state index is -0.746. The van der Waals surface area contributed by atoms with E-state index < -0.39 is 5.97 Å². The molecule has 0 aliphatic heterocycles. The van der Waals surface area contributed by atoms with Crippen LogP contribution in [-0.2, 0) is 25.7 Å². The monoisotopic (exact) mass is 448 g/mol. The van der Waals surface area contributed by atoms with Crippen LogP contribution in [0.25, 0.3) is 0 Å². The molecule has 0 radical (unpaired) electrons. The maximum Gasteiger partial charge on any atom is 0.303 e. The van der Waals surface area contributed by atoms with E-state index in [9.17, 15) is 9.59 Å². The van der Waals surface area contributed by atoms with Crippen LogP contribution in [0.2, 0.25) is 0 Å². The summed E-state index contributed by atoms with van der Waals surface area (Å²) in [6, 6.07) is 10.4. The number of aliphatic carboxylic acids is 1. The molecule has 0 spiro atoms. The van der Waals surface area contributed by atoms with Crippen molar-refractivity contribution in [3.8, 4) is 0 Å². The number of benzene rings is 1. The summed E-state index contributed by atoms with van der Waals surface area (Å²) in [4.78, 5) is 22.0. The molecule has 1 N–H and O–H groups in total. The minimum absolute atomic E-state index is 0.0381. The van der Waals surface area contributed by atoms with Gasteiger partial charge in [-0.3, -0.25) is 9.59 Å². The third-order valence-electron chi connectivity index (χ3n) is 5.76. The molecule has 0 fully saturated rings. The predicted molar refractivity (Wildman–Crippen MR) is 129 cm³/mol. The lowest BCUT2D eigenvalue weighted by Gasteiger charge is -2.18. The van der Waals surface area contributed by atoms with Crippen molar-refractivity contribution in [3.63, 3.8) is 0 Å². The molecule has 0 saturated heterocycles. The molecule has 0 aromatic heterocycles. The molecule has 32 heavy (non-hydrogen) atoms. The minimum Gasteiger partial charge on any atom is -0.481 e. The summed E-state index contributed by atoms with van der Waals surface area (Å²) in [5.41, 5.74) is 1.23. The summed E-state index contributed by atoms with van der Waals surface area (Å²) in [5, 5.41) is 8.71. The average molecular weight is 449 g/mol. The van der Waals surface area contributed by atoms with Gasteiger partial charge in [0.1, 0.15) is 6.10 Å². The van der Waals surface area contributed by atoms with Gasteiger partial charge in [0.2, 0.25) is 0 Å². The quantitative estimate of drug-likeness (QED) is 0.171. The van der Waals surface area contributed by atoms with E-state index in [1.807, 2.05) is 6.07 Å². The van der Waals surface area contributed by atoms with Gasteiger partial charge >= 0.3 is 11.9 Å². The number of carboxylic acids is 1. The van der Waals surface area contributed by atoms with Gasteiger partial charge in [0, 0.05) is 13.3 Å². The first-order valence-electron chi connectivity index (χ1n) is 12.6. The number of ether oxygens (including phenoxy) is 2. The number of unbranched alkanes of at least 4 members (excludes halogenated alkanes) is 6. The molecule has 0 aliphatic rings. The first-order chi connectivity index (χ1) is 15.5. The number of carboxylic acid groups (broad SMARTS) is 1. The molecule has 5 nitrogen and oxygen atoms in total. The van der Waals surface area contributed by atoms with Crippen LogP contribution >= 0.6 is 0 Å². The second kappa shape index (κ2) is 18.7. The maximum atomic E-state index is 11.4. The summed E-state index contributed by atoms with van der Waals surface area (Å²) < 4.78 is 11.7. The molecule has 0 bridgehead atoms. The molecule has 0 saturated carbocycles. The van der Waals surface area contributed by atoms with E-state index in [0.717, 1.165) is 57.8 Å². The van der Waals surface area contributed by atoms with Gasteiger partial charge in [0.15, 0.2) is 0 Å². The maximum absolute atomic E-state index is 11.4. The Morgan fingerprint density at radius 1 is 0.812 bits per heavy atom. The van der Waals surface area contributed by atoms with Gasteiger partial charge in [-0.05, 0) is 50.5 Å². The van der Waals surface area contributed by atoms with E-state index in [1.165, 1.54) is 31.7 Å². The lowest BCUT2D eigenvalue weighted by molar-refractivity contribution is -0.147. The number of hydrogen-bond acceptors (Lipinski definition) is 4. The van der Waals surface area contributed by atoms with Crippen LogP contribution in [0.3, 0.4) is 0 Å². The number of carbonyl (C=O) groups is 2. The zero-order valence-corrected chi connectivity index (χ0v) is 20.2. The topological polar surface area (TPSA) is 72.8 Å². The van der Waals surface area contributed by atoms with Crippen LogP contribution in [-0.4, -0.2) is 29.3 Å². The zero-order chi connectivity index (χ0) is 23.4. The van der Waals surface area contributed by atoms with E-state index >= 15 is 0 Å². The van der Waals surface area contributed by atoms with Crippen LogP contribution in [0.4, 0.5) is 0 Å². The van der Waals surface area contributed by atoms with Crippen molar-refractivity contribution in [1.29, 1.82) is 0 Å². The van der Waals surface area contributed by atoms with Crippen LogP contribution in [0, 0.1) is 0 Å². The smallest absolute Gasteiger partial charge is 0.303 e. The third-order valence-corrected chi connectivity index (χ3v) is 5.76. The van der Waals surface area contributed by atoms with Crippen LogP contribution in [0.1, 0.15) is 109 Å². The molecular formula is C27H44O5. The van der Waals surface area contributed by atoms with E-state index in [-0.39, 0.29) is 18.5 Å². The van der Waals surface area contributed by atoms with Gasteiger partial charge in [-0.2, -0.15) is 0 Å². The van der Waals surface area contributed by atoms with Crippen molar-refractivity contribution >= 4 is 11.9 Å². The highest BCUT2D eigenvalue weighted by molar-refractivity contribution is 5.66. The van der Waals surface area contributed by atoms with Crippen molar-refractivity contribution in [2.45, 2.75) is 123 Å². The Bertz CT molecular complexity index is 601. The molecule has 1 rings (SSSR count). The fraction of sp³-hybridized carbons (Fsp3) is 0.704. The van der Waals surface area contributed by atoms with Gasteiger partial charge in [-0.25, -0.2) is 0 Å². The third kappa shape index (κ3) is 15.9. The molecular weight excluding hydrogens is 404 g/mol. The van der Waals surface area contributed by atoms with Gasteiger partial charge in [-0.1, -0.05) is 75.8 Å². The number of hydrogen-bond donors (Lipinski definition) is 1. The molecule has 5 heteroatoms. The second-order valence-corrected chi connectivity index (χ2v) is 8.78. The van der Waals surface area contributed by atoms with E-state index in [0.29, 0.717) is 19.1 Å². The Morgan fingerprint density at radius 3 is 1.94 bits per heavy atom. The lowest BCUT2D eigenvalue weighted by atomic mass is 10.0. The van der Waals surface area contributed by atoms with E-state index in [4.69, 9.17) is 14.6 Å². The Balaban J connectivity index is 2.22. The Hall–Kier alpha value is -1.88. The second-order valence-electron chi connectivity index (χ2n) is 8.78. The summed E-state index contributed by atoms with van der Waals surface area (Å²) >= 11 is 0. The van der Waals surface area contributed by atoms with Crippen LogP contribution in [0.5, 0.6) is 0 Å². The molecule has 182 valence electrons. The molecule has 2 unspecified atom stereocenters. The first-order valence-corrected chi connectivity index (χ1v) is 12.6. The summed E-state index contributed by atoms with van der Waals surface area (Å²) in [6.07, 6.45) is 13.8. The SMILES string of the molecule is CCCCC(CCCCCCC(CCCCCC(=O)O)OC(C)=O)OCc1ccccc1. The first kappa shape index (κ1) is 28.2. The number of carbonyl (C=O) groups excluding carboxylic acids is 1. The van der Waals surface area contributed by atoms with Gasteiger partial charge in [-0.15, -0.1) is 0 Å². The van der Waals surface area contributed by atoms with Crippen molar-refractivity contribution in [2.24, 2.45) is 0 Å². The van der Waals surface area contributed by atoms with E-state index in [1.54, 1.807) is 0 Å². The summed E-state index contributed by atoms with van der Waals surface area (Å²) in [7, 11) is 0. The standard InChI is InChI=1S/C27H44O5/c1-3-4-17-25(31-22-24-15-9-7-10-16-24)18-11-5-6-12-19-26(32-23(2)28)20-13-8-14-21-27(29)30/h7,9-10,15-16,25-26H,3-6,8,11-14,17-22H2,1-2H3,(H,29,30). The van der Waals surface area contributed by atoms with E-state index in [2.05, 4.69) is 31.2 Å². The Morgan fingerprint density at radius 2 is 1.38 bits per heavy atom. The van der Waals surface area contributed by atoms with Crippen molar-refractivity contribution in [2.75, 3.05) is 0 Å². The fourth-order valence-corrected chi connectivity index (χ4v) is 3.95. The number of rotatable bonds is 20. The van der Waals surface area contributed by atoms with Crippen molar-refractivity contribution < 1.29 is 24.2 Å². The van der Waals surface area contributed by atoms with Gasteiger partial charge < -0.3 is 14.6 Å². The highest BCUT2D eigenvalue weighted by atomic mass is 16.5. The molecule has 1 aromatic rings. The highest BCUT2D eigenvalue weighted by Gasteiger charge is 2.13. The molecule has 2 atom stereocenters. The van der Waals surface area contributed by atoms with Gasteiger partial charge in [0.25, 0.3) is 0 Å². The average Bonchev–Trinajstić information content (AvgIpc) is 2.77. The lowest BCUT2D eigenvalue weighted by Crippen LogP contribution is -2.16. The summed E-state index contributed by atoms with van der Waals surface area (Å²) in [6.45, 7) is 4.37. The fourth-order valence-electron chi connectivity index (χ4n) is 3.95. The summed E-state index contributed by atoms with van der Waals surface area (Å²) in [5.74, 6) is -0.973. The predicted octanol–water partition coefficient (Wildman–Crippen LogP) is 7.07. The van der Waals surface area contributed by atoms with Crippen molar-refractivity contribution in [1.82, 2.24) is 0 Å². The molecule has 0 aliphatic carbocycles.